The van der Waals surface area contributed by atoms with Crippen LogP contribution in [0.1, 0.15) is 56.5 Å². The third kappa shape index (κ3) is 6.60. The van der Waals surface area contributed by atoms with Crippen molar-refractivity contribution in [3.63, 3.8) is 0 Å². The molecule has 0 radical (unpaired) electrons. The smallest absolute Gasteiger partial charge is 0.367 e. The van der Waals surface area contributed by atoms with Gasteiger partial charge in [0.05, 0.1) is 17.3 Å². The van der Waals surface area contributed by atoms with Gasteiger partial charge >= 0.3 is 6.18 Å². The van der Waals surface area contributed by atoms with Crippen LogP contribution in [0.2, 0.25) is 0 Å². The molecule has 1 atom stereocenters. The first kappa shape index (κ1) is 28.2. The number of hydrogen-bond donors (Lipinski definition) is 0. The topological polar surface area (TPSA) is 33.3 Å². The minimum atomic E-state index is -4.16. The molecule has 9 heteroatoms. The Morgan fingerprint density at radius 2 is 1.38 bits per heavy atom. The molecule has 0 bridgehead atoms. The van der Waals surface area contributed by atoms with Crippen molar-refractivity contribution in [2.24, 2.45) is 5.92 Å². The van der Waals surface area contributed by atoms with Gasteiger partial charge in [0.25, 0.3) is 0 Å². The molecule has 37 heavy (non-hydrogen) atoms. The zero-order chi connectivity index (χ0) is 26.7. The zero-order valence-corrected chi connectivity index (χ0v) is 22.9. The summed E-state index contributed by atoms with van der Waals surface area (Å²) in [5, 5.41) is 0. The van der Waals surface area contributed by atoms with E-state index in [1.54, 1.807) is 0 Å². The summed E-state index contributed by atoms with van der Waals surface area (Å²) in [6, 6.07) is 4.81. The summed E-state index contributed by atoms with van der Waals surface area (Å²) in [7, 11) is 0. The molecule has 0 spiro atoms. The standard InChI is InChI=1S/C28H44F3N5O/c1-21(2)33-10-14-35(15-11-33)26-23(18-32-9-5-6-25(19-32)28(29,30)31)7-8-24(20-37)27(26)36-16-12-34(13-17-36)22(3)4/h7-8,20-22,25H,5-6,9-19H2,1-4H3. The molecule has 208 valence electrons. The van der Waals surface area contributed by atoms with Gasteiger partial charge in [0.1, 0.15) is 0 Å². The van der Waals surface area contributed by atoms with Crippen LogP contribution in [-0.4, -0.2) is 105 Å². The largest absolute Gasteiger partial charge is 0.393 e. The molecule has 3 aliphatic rings. The molecular weight excluding hydrogens is 479 g/mol. The summed E-state index contributed by atoms with van der Waals surface area (Å²) in [6.45, 7) is 17.1. The molecule has 1 unspecified atom stereocenters. The van der Waals surface area contributed by atoms with Crippen molar-refractivity contribution in [2.45, 2.75) is 65.3 Å². The first-order valence-corrected chi connectivity index (χ1v) is 14.0. The van der Waals surface area contributed by atoms with E-state index in [2.05, 4.69) is 47.3 Å². The van der Waals surface area contributed by atoms with Crippen molar-refractivity contribution in [2.75, 3.05) is 75.2 Å². The van der Waals surface area contributed by atoms with E-state index in [0.29, 0.717) is 37.2 Å². The van der Waals surface area contributed by atoms with Gasteiger partial charge in [-0.1, -0.05) is 6.07 Å². The van der Waals surface area contributed by atoms with Gasteiger partial charge in [-0.05, 0) is 58.7 Å². The molecule has 3 saturated heterocycles. The maximum atomic E-state index is 13.5. The highest BCUT2D eigenvalue weighted by molar-refractivity contribution is 5.93. The van der Waals surface area contributed by atoms with E-state index in [0.717, 1.165) is 75.6 Å². The summed E-state index contributed by atoms with van der Waals surface area (Å²) >= 11 is 0. The highest BCUT2D eigenvalue weighted by atomic mass is 19.4. The lowest BCUT2D eigenvalue weighted by molar-refractivity contribution is -0.187. The second kappa shape index (κ2) is 11.9. The fourth-order valence-corrected chi connectivity index (χ4v) is 6.18. The molecule has 4 rings (SSSR count). The van der Waals surface area contributed by atoms with Crippen molar-refractivity contribution in [3.8, 4) is 0 Å². The van der Waals surface area contributed by atoms with Crippen LogP contribution in [-0.2, 0) is 6.54 Å². The van der Waals surface area contributed by atoms with Crippen molar-refractivity contribution in [1.29, 1.82) is 0 Å². The van der Waals surface area contributed by atoms with Crippen LogP contribution in [0.4, 0.5) is 24.5 Å². The molecule has 3 heterocycles. The first-order chi connectivity index (χ1) is 17.6. The van der Waals surface area contributed by atoms with Gasteiger partial charge in [-0.3, -0.25) is 19.5 Å². The van der Waals surface area contributed by atoms with Gasteiger partial charge in [-0.2, -0.15) is 13.2 Å². The number of piperidine rings is 1. The maximum Gasteiger partial charge on any atom is 0.393 e. The molecule has 6 nitrogen and oxygen atoms in total. The Morgan fingerprint density at radius 1 is 0.838 bits per heavy atom. The number of alkyl halides is 3. The number of carbonyl (C=O) groups is 1. The number of carbonyl (C=O) groups excluding carboxylic acids is 1. The Balaban J connectivity index is 1.67. The lowest BCUT2D eigenvalue weighted by Gasteiger charge is -2.44. The number of anilines is 2. The summed E-state index contributed by atoms with van der Waals surface area (Å²) in [6.07, 6.45) is -2.44. The van der Waals surface area contributed by atoms with Gasteiger partial charge in [-0.15, -0.1) is 0 Å². The average Bonchev–Trinajstić information content (AvgIpc) is 2.88. The average molecular weight is 524 g/mol. The van der Waals surface area contributed by atoms with Crippen LogP contribution in [0.3, 0.4) is 0 Å². The first-order valence-electron chi connectivity index (χ1n) is 14.0. The quantitative estimate of drug-likeness (QED) is 0.495. The van der Waals surface area contributed by atoms with E-state index in [1.807, 2.05) is 17.0 Å². The number of nitrogens with zero attached hydrogens (tertiary/aromatic N) is 5. The molecule has 0 saturated carbocycles. The van der Waals surface area contributed by atoms with E-state index in [9.17, 15) is 18.0 Å². The van der Waals surface area contributed by atoms with Crippen LogP contribution in [0, 0.1) is 5.92 Å². The molecule has 0 N–H and O–H groups in total. The van der Waals surface area contributed by atoms with E-state index in [4.69, 9.17) is 0 Å². The third-order valence-corrected chi connectivity index (χ3v) is 8.48. The number of benzene rings is 1. The fourth-order valence-electron chi connectivity index (χ4n) is 6.18. The molecule has 3 fully saturated rings. The van der Waals surface area contributed by atoms with Crippen LogP contribution < -0.4 is 9.80 Å². The molecular formula is C28H44F3N5O. The Kier molecular flexibility index (Phi) is 9.07. The zero-order valence-electron chi connectivity index (χ0n) is 22.9. The Labute approximate surface area is 220 Å². The van der Waals surface area contributed by atoms with Gasteiger partial charge in [0, 0.05) is 83.1 Å². The summed E-state index contributed by atoms with van der Waals surface area (Å²) in [4.78, 5) is 23.9. The highest BCUT2D eigenvalue weighted by Crippen LogP contribution is 2.40. The summed E-state index contributed by atoms with van der Waals surface area (Å²) < 4.78 is 40.6. The van der Waals surface area contributed by atoms with Crippen LogP contribution in [0.25, 0.3) is 0 Å². The normalized spacial score (nSPS) is 23.3. The summed E-state index contributed by atoms with van der Waals surface area (Å²) in [5.74, 6) is -1.27. The second-order valence-corrected chi connectivity index (χ2v) is 11.5. The Morgan fingerprint density at radius 3 is 1.86 bits per heavy atom. The third-order valence-electron chi connectivity index (χ3n) is 8.48. The van der Waals surface area contributed by atoms with Crippen molar-refractivity contribution in [1.82, 2.24) is 14.7 Å². The van der Waals surface area contributed by atoms with Crippen LogP contribution >= 0.6 is 0 Å². The molecule has 0 amide bonds. The second-order valence-electron chi connectivity index (χ2n) is 11.5. The van der Waals surface area contributed by atoms with Gasteiger partial charge < -0.3 is 9.80 Å². The SMILES string of the molecule is CC(C)N1CCN(c2c(C=O)ccc(CN3CCCC(C(F)(F)F)C3)c2N2CCN(C(C)C)CC2)CC1. The Hall–Kier alpha value is -1.84. The van der Waals surface area contributed by atoms with Crippen LogP contribution in [0.5, 0.6) is 0 Å². The van der Waals surface area contributed by atoms with Gasteiger partial charge in [0.2, 0.25) is 0 Å². The number of rotatable bonds is 7. The fraction of sp³-hybridized carbons (Fsp3) is 0.750. The lowest BCUT2D eigenvalue weighted by Crippen LogP contribution is -2.51. The van der Waals surface area contributed by atoms with Crippen molar-refractivity contribution in [3.05, 3.63) is 23.3 Å². The number of likely N-dealkylation sites (tertiary alicyclic amines) is 1. The summed E-state index contributed by atoms with van der Waals surface area (Å²) in [5.41, 5.74) is 3.74. The number of hydrogen-bond acceptors (Lipinski definition) is 6. The predicted octanol–water partition coefficient (Wildman–Crippen LogP) is 4.33. The van der Waals surface area contributed by atoms with E-state index >= 15 is 0 Å². The molecule has 3 aliphatic heterocycles. The van der Waals surface area contributed by atoms with Crippen molar-refractivity contribution < 1.29 is 18.0 Å². The number of aldehydes is 1. The monoisotopic (exact) mass is 523 g/mol. The predicted molar refractivity (Wildman–Crippen MR) is 144 cm³/mol. The molecule has 1 aromatic rings. The lowest BCUT2D eigenvalue weighted by atomic mass is 9.96. The van der Waals surface area contributed by atoms with Crippen LogP contribution in [0.15, 0.2) is 12.1 Å². The van der Waals surface area contributed by atoms with Gasteiger partial charge in [-0.25, -0.2) is 0 Å². The van der Waals surface area contributed by atoms with E-state index in [-0.39, 0.29) is 13.0 Å². The van der Waals surface area contributed by atoms with E-state index in [1.165, 1.54) is 0 Å². The number of piperazine rings is 2. The number of halogens is 3. The minimum Gasteiger partial charge on any atom is -0.367 e. The highest BCUT2D eigenvalue weighted by Gasteiger charge is 2.42. The maximum absolute atomic E-state index is 13.5. The van der Waals surface area contributed by atoms with Gasteiger partial charge in [0.15, 0.2) is 6.29 Å². The molecule has 0 aromatic heterocycles. The molecule has 1 aromatic carbocycles. The van der Waals surface area contributed by atoms with Crippen molar-refractivity contribution >= 4 is 17.7 Å². The van der Waals surface area contributed by atoms with E-state index < -0.39 is 12.1 Å². The minimum absolute atomic E-state index is 0.0435. The Bertz CT molecular complexity index is 906. The molecule has 0 aliphatic carbocycles.